The number of ether oxygens (including phenoxy) is 1. The molecule has 0 radical (unpaired) electrons. The quantitative estimate of drug-likeness (QED) is 0.838. The molecule has 3 rings (SSSR count). The van der Waals surface area contributed by atoms with Crippen LogP contribution in [0.1, 0.15) is 40.8 Å². The van der Waals surface area contributed by atoms with Crippen LogP contribution in [-0.4, -0.2) is 0 Å². The number of aryl methyl sites for hydroxylation is 2. The Morgan fingerprint density at radius 2 is 1.84 bits per heavy atom. The van der Waals surface area contributed by atoms with Crippen molar-refractivity contribution in [1.82, 2.24) is 0 Å². The van der Waals surface area contributed by atoms with Crippen LogP contribution in [0.4, 0.5) is 0 Å². The lowest BCUT2D eigenvalue weighted by atomic mass is 9.91. The zero-order chi connectivity index (χ0) is 13.4. The van der Waals surface area contributed by atoms with Gasteiger partial charge < -0.3 is 10.5 Å². The van der Waals surface area contributed by atoms with E-state index in [-0.39, 0.29) is 12.1 Å². The molecular formula is C17H19NO. The first-order valence-corrected chi connectivity index (χ1v) is 6.73. The highest BCUT2D eigenvalue weighted by atomic mass is 16.5. The third kappa shape index (κ3) is 2.24. The fraction of sp³-hybridized carbons (Fsp3) is 0.294. The van der Waals surface area contributed by atoms with Crippen molar-refractivity contribution in [1.29, 1.82) is 0 Å². The standard InChI is InChI=1S/C17H19NO/c1-11-7-8-16-14(9-11)15(18)10-17(19-16)13-6-4-3-5-12(13)2/h3-9,15,17H,10,18H2,1-2H3/t15-,17?/m0/s1. The van der Waals surface area contributed by atoms with Gasteiger partial charge in [0.15, 0.2) is 0 Å². The summed E-state index contributed by atoms with van der Waals surface area (Å²) < 4.78 is 6.14. The Hall–Kier alpha value is -1.80. The van der Waals surface area contributed by atoms with Crippen LogP contribution in [0, 0.1) is 13.8 Å². The molecule has 0 aliphatic carbocycles. The smallest absolute Gasteiger partial charge is 0.126 e. The van der Waals surface area contributed by atoms with Crippen LogP contribution >= 0.6 is 0 Å². The summed E-state index contributed by atoms with van der Waals surface area (Å²) in [6.45, 7) is 4.20. The van der Waals surface area contributed by atoms with Crippen molar-refractivity contribution in [3.05, 3.63) is 64.7 Å². The van der Waals surface area contributed by atoms with Gasteiger partial charge in [0.25, 0.3) is 0 Å². The van der Waals surface area contributed by atoms with Gasteiger partial charge in [0, 0.05) is 18.0 Å². The summed E-state index contributed by atoms with van der Waals surface area (Å²) in [5, 5.41) is 0. The van der Waals surface area contributed by atoms with E-state index in [0.29, 0.717) is 0 Å². The van der Waals surface area contributed by atoms with Crippen molar-refractivity contribution in [2.45, 2.75) is 32.4 Å². The molecule has 0 aromatic heterocycles. The molecule has 0 fully saturated rings. The van der Waals surface area contributed by atoms with Gasteiger partial charge in [0.05, 0.1) is 0 Å². The van der Waals surface area contributed by atoms with Crippen LogP contribution < -0.4 is 10.5 Å². The van der Waals surface area contributed by atoms with Gasteiger partial charge in [0.1, 0.15) is 11.9 Å². The highest BCUT2D eigenvalue weighted by Crippen LogP contribution is 2.40. The molecule has 1 heterocycles. The van der Waals surface area contributed by atoms with Crippen molar-refractivity contribution in [2.24, 2.45) is 5.73 Å². The average Bonchev–Trinajstić information content (AvgIpc) is 2.40. The Labute approximate surface area is 114 Å². The molecule has 0 bridgehead atoms. The highest BCUT2D eigenvalue weighted by Gasteiger charge is 2.27. The van der Waals surface area contributed by atoms with Gasteiger partial charge in [-0.05, 0) is 31.0 Å². The summed E-state index contributed by atoms with van der Waals surface area (Å²) in [5.41, 5.74) is 11.2. The van der Waals surface area contributed by atoms with E-state index in [9.17, 15) is 0 Å². The maximum atomic E-state index is 6.31. The van der Waals surface area contributed by atoms with Crippen LogP contribution in [0.15, 0.2) is 42.5 Å². The third-order valence-corrected chi connectivity index (χ3v) is 3.84. The lowest BCUT2D eigenvalue weighted by Crippen LogP contribution is -2.24. The highest BCUT2D eigenvalue weighted by molar-refractivity contribution is 5.42. The molecule has 2 aromatic carbocycles. The van der Waals surface area contributed by atoms with Crippen LogP contribution in [0.5, 0.6) is 5.75 Å². The molecule has 2 nitrogen and oxygen atoms in total. The first-order chi connectivity index (χ1) is 9.15. The molecule has 0 spiro atoms. The Kier molecular flexibility index (Phi) is 3.03. The molecule has 1 unspecified atom stereocenters. The van der Waals surface area contributed by atoms with Gasteiger partial charge >= 0.3 is 0 Å². The summed E-state index contributed by atoms with van der Waals surface area (Å²) in [7, 11) is 0. The summed E-state index contributed by atoms with van der Waals surface area (Å²) in [6, 6.07) is 14.7. The second-order valence-electron chi connectivity index (χ2n) is 5.35. The number of hydrogen-bond acceptors (Lipinski definition) is 2. The van der Waals surface area contributed by atoms with E-state index in [2.05, 4.69) is 50.2 Å². The van der Waals surface area contributed by atoms with Crippen molar-refractivity contribution in [2.75, 3.05) is 0 Å². The molecule has 1 aliphatic rings. The van der Waals surface area contributed by atoms with E-state index in [1.54, 1.807) is 0 Å². The number of hydrogen-bond donors (Lipinski definition) is 1. The van der Waals surface area contributed by atoms with Crippen molar-refractivity contribution in [3.63, 3.8) is 0 Å². The van der Waals surface area contributed by atoms with Gasteiger partial charge in [-0.25, -0.2) is 0 Å². The molecule has 0 amide bonds. The summed E-state index contributed by atoms with van der Waals surface area (Å²) in [6.07, 6.45) is 0.896. The zero-order valence-electron chi connectivity index (χ0n) is 11.4. The Bertz CT molecular complexity index is 606. The fourth-order valence-electron chi connectivity index (χ4n) is 2.76. The Morgan fingerprint density at radius 1 is 1.05 bits per heavy atom. The zero-order valence-corrected chi connectivity index (χ0v) is 11.4. The molecule has 0 saturated heterocycles. The maximum absolute atomic E-state index is 6.31. The SMILES string of the molecule is Cc1ccc2c(c1)[C@@H](N)CC(c1ccccc1C)O2. The topological polar surface area (TPSA) is 35.2 Å². The predicted molar refractivity (Wildman–Crippen MR) is 77.3 cm³/mol. The fourth-order valence-corrected chi connectivity index (χ4v) is 2.76. The monoisotopic (exact) mass is 253 g/mol. The van der Waals surface area contributed by atoms with Gasteiger partial charge in [-0.3, -0.25) is 0 Å². The second-order valence-corrected chi connectivity index (χ2v) is 5.35. The minimum atomic E-state index is 0.0493. The van der Waals surface area contributed by atoms with Crippen molar-refractivity contribution < 1.29 is 4.74 Å². The molecule has 2 aromatic rings. The second kappa shape index (κ2) is 4.71. The van der Waals surface area contributed by atoms with Crippen molar-refractivity contribution in [3.8, 4) is 5.75 Å². The van der Waals surface area contributed by atoms with Crippen LogP contribution in [0.2, 0.25) is 0 Å². The van der Waals surface area contributed by atoms with Crippen LogP contribution in [0.3, 0.4) is 0 Å². The molecule has 0 saturated carbocycles. The molecular weight excluding hydrogens is 234 g/mol. The largest absolute Gasteiger partial charge is 0.485 e. The van der Waals surface area contributed by atoms with E-state index in [0.717, 1.165) is 17.7 Å². The third-order valence-electron chi connectivity index (χ3n) is 3.84. The minimum Gasteiger partial charge on any atom is -0.485 e. The van der Waals surface area contributed by atoms with Gasteiger partial charge in [0.2, 0.25) is 0 Å². The molecule has 2 heteroatoms. The van der Waals surface area contributed by atoms with Crippen molar-refractivity contribution >= 4 is 0 Å². The molecule has 2 N–H and O–H groups in total. The van der Waals surface area contributed by atoms with Gasteiger partial charge in [-0.2, -0.15) is 0 Å². The molecule has 2 atom stereocenters. The number of rotatable bonds is 1. The molecule has 1 aliphatic heterocycles. The number of benzene rings is 2. The Morgan fingerprint density at radius 3 is 2.63 bits per heavy atom. The van der Waals surface area contributed by atoms with Crippen LogP contribution in [0.25, 0.3) is 0 Å². The summed E-state index contributed by atoms with van der Waals surface area (Å²) in [4.78, 5) is 0. The first kappa shape index (κ1) is 12.2. The average molecular weight is 253 g/mol. The number of nitrogens with two attached hydrogens (primary N) is 1. The number of fused-ring (bicyclic) bond motifs is 1. The van der Waals surface area contributed by atoms with E-state index in [4.69, 9.17) is 10.5 Å². The van der Waals surface area contributed by atoms with Crippen LogP contribution in [-0.2, 0) is 0 Å². The molecule has 19 heavy (non-hydrogen) atoms. The van der Waals surface area contributed by atoms with E-state index in [1.807, 2.05) is 6.07 Å². The van der Waals surface area contributed by atoms with E-state index >= 15 is 0 Å². The maximum Gasteiger partial charge on any atom is 0.126 e. The lowest BCUT2D eigenvalue weighted by molar-refractivity contribution is 0.161. The summed E-state index contributed by atoms with van der Waals surface area (Å²) in [5.74, 6) is 0.928. The van der Waals surface area contributed by atoms with E-state index < -0.39 is 0 Å². The van der Waals surface area contributed by atoms with Gasteiger partial charge in [-0.15, -0.1) is 0 Å². The van der Waals surface area contributed by atoms with Gasteiger partial charge in [-0.1, -0.05) is 42.0 Å². The minimum absolute atomic E-state index is 0.0493. The first-order valence-electron chi connectivity index (χ1n) is 6.73. The predicted octanol–water partition coefficient (Wildman–Crippen LogP) is 3.83. The van der Waals surface area contributed by atoms with E-state index in [1.165, 1.54) is 16.7 Å². The summed E-state index contributed by atoms with van der Waals surface area (Å²) >= 11 is 0. The lowest BCUT2D eigenvalue weighted by Gasteiger charge is -2.31. The molecule has 98 valence electrons. The Balaban J connectivity index is 1.97. The normalized spacial score (nSPS) is 21.6.